The number of nitrogens with zero attached hydrogens (tertiary/aromatic N) is 1. The minimum Gasteiger partial charge on any atom is -0.508 e. The first-order valence-electron chi connectivity index (χ1n) is 4.44. The molecular formula is C11H11NO3. The Labute approximate surface area is 87.9 Å². The predicted molar refractivity (Wildman–Crippen MR) is 54.0 cm³/mol. The van der Waals surface area contributed by atoms with Gasteiger partial charge in [-0.05, 0) is 17.7 Å². The number of phenolic OH excluding ortho intramolecular Hbond substituents is 1. The number of aromatic hydroxyl groups is 1. The van der Waals surface area contributed by atoms with E-state index in [9.17, 15) is 4.79 Å². The fraction of sp³-hybridized carbons (Fsp3) is 0.273. The highest BCUT2D eigenvalue weighted by atomic mass is 16.5. The summed E-state index contributed by atoms with van der Waals surface area (Å²) >= 11 is 0. The summed E-state index contributed by atoms with van der Waals surface area (Å²) in [6.45, 7) is 8.26. The molecule has 0 aromatic heterocycles. The van der Waals surface area contributed by atoms with E-state index >= 15 is 0 Å². The second kappa shape index (κ2) is 5.01. The Balaban J connectivity index is 2.48. The normalized spacial score (nSPS) is 11.5. The molecule has 0 aliphatic rings. The average Bonchev–Trinajstić information content (AvgIpc) is 2.26. The summed E-state index contributed by atoms with van der Waals surface area (Å²) in [7, 11) is 0. The molecule has 0 radical (unpaired) electrons. The topological polar surface area (TPSA) is 50.9 Å². The van der Waals surface area contributed by atoms with E-state index in [0.717, 1.165) is 5.56 Å². The molecule has 4 nitrogen and oxygen atoms in total. The highest BCUT2D eigenvalue weighted by Crippen LogP contribution is 2.10. The van der Waals surface area contributed by atoms with Crippen molar-refractivity contribution in [3.05, 3.63) is 41.2 Å². The molecule has 1 rings (SSSR count). The van der Waals surface area contributed by atoms with Gasteiger partial charge in [-0.25, -0.2) is 11.4 Å². The molecule has 0 heterocycles. The van der Waals surface area contributed by atoms with Crippen LogP contribution in [0.4, 0.5) is 0 Å². The van der Waals surface area contributed by atoms with Gasteiger partial charge in [0.15, 0.2) is 0 Å². The van der Waals surface area contributed by atoms with Crippen LogP contribution in [0.3, 0.4) is 0 Å². The highest BCUT2D eigenvalue weighted by Gasteiger charge is 2.18. The molecule has 0 amide bonds. The van der Waals surface area contributed by atoms with Crippen LogP contribution in [0.25, 0.3) is 4.85 Å². The summed E-state index contributed by atoms with van der Waals surface area (Å²) in [6.07, 6.45) is 0. The van der Waals surface area contributed by atoms with E-state index in [2.05, 4.69) is 4.85 Å². The van der Waals surface area contributed by atoms with Gasteiger partial charge >= 0.3 is 12.0 Å². The van der Waals surface area contributed by atoms with E-state index in [-0.39, 0.29) is 12.4 Å². The number of benzene rings is 1. The van der Waals surface area contributed by atoms with E-state index in [4.69, 9.17) is 16.4 Å². The first-order valence-corrected chi connectivity index (χ1v) is 4.44. The minimum absolute atomic E-state index is 0.124. The predicted octanol–water partition coefficient (Wildman–Crippen LogP) is 1.74. The Bertz CT molecular complexity index is 378. The standard InChI is InChI=1S/C11H11NO3/c1-8(12-2)11(14)15-7-9-3-5-10(13)6-4-9/h3-6,8,13H,7H2,1H3. The van der Waals surface area contributed by atoms with Gasteiger partial charge < -0.3 is 14.7 Å². The largest absolute Gasteiger partial charge is 0.508 e. The Kier molecular flexibility index (Phi) is 3.69. The lowest BCUT2D eigenvalue weighted by molar-refractivity contribution is -0.145. The van der Waals surface area contributed by atoms with Crippen LogP contribution in [0.1, 0.15) is 12.5 Å². The summed E-state index contributed by atoms with van der Waals surface area (Å²) in [4.78, 5) is 14.2. The molecule has 0 saturated carbocycles. The second-order valence-electron chi connectivity index (χ2n) is 3.08. The molecule has 1 aromatic rings. The summed E-state index contributed by atoms with van der Waals surface area (Å²) in [5.74, 6) is -0.363. The van der Waals surface area contributed by atoms with E-state index in [1.165, 1.54) is 19.1 Å². The van der Waals surface area contributed by atoms with Gasteiger partial charge in [-0.15, -0.1) is 0 Å². The van der Waals surface area contributed by atoms with E-state index in [0.29, 0.717) is 0 Å². The monoisotopic (exact) mass is 205 g/mol. The zero-order valence-corrected chi connectivity index (χ0v) is 8.30. The molecule has 0 spiro atoms. The third-order valence-electron chi connectivity index (χ3n) is 1.85. The van der Waals surface area contributed by atoms with Gasteiger partial charge in [0, 0.05) is 6.92 Å². The Morgan fingerprint density at radius 3 is 2.67 bits per heavy atom. The van der Waals surface area contributed by atoms with Crippen LogP contribution < -0.4 is 0 Å². The zero-order valence-electron chi connectivity index (χ0n) is 8.30. The van der Waals surface area contributed by atoms with E-state index in [1.807, 2.05) is 0 Å². The quantitative estimate of drug-likeness (QED) is 0.604. The van der Waals surface area contributed by atoms with Crippen molar-refractivity contribution in [3.63, 3.8) is 0 Å². The molecule has 0 aliphatic carbocycles. The molecule has 0 aliphatic heterocycles. The van der Waals surface area contributed by atoms with Crippen molar-refractivity contribution in [1.82, 2.24) is 0 Å². The van der Waals surface area contributed by atoms with Crippen LogP contribution in [0.15, 0.2) is 24.3 Å². The van der Waals surface area contributed by atoms with E-state index < -0.39 is 12.0 Å². The number of carbonyl (C=O) groups excluding carboxylic acids is 1. The Morgan fingerprint density at radius 1 is 1.53 bits per heavy atom. The Morgan fingerprint density at radius 2 is 2.13 bits per heavy atom. The van der Waals surface area contributed by atoms with Gasteiger partial charge in [-0.3, -0.25) is 0 Å². The maximum Gasteiger partial charge on any atom is 0.390 e. The zero-order chi connectivity index (χ0) is 11.3. The van der Waals surface area contributed by atoms with Gasteiger partial charge in [-0.2, -0.15) is 0 Å². The molecule has 1 unspecified atom stereocenters. The van der Waals surface area contributed by atoms with Gasteiger partial charge in [0.25, 0.3) is 0 Å². The number of rotatable bonds is 3. The number of ether oxygens (including phenoxy) is 1. The van der Waals surface area contributed by atoms with Crippen molar-refractivity contribution < 1.29 is 14.6 Å². The molecule has 0 saturated heterocycles. The molecule has 4 heteroatoms. The number of phenols is 1. The lowest BCUT2D eigenvalue weighted by Gasteiger charge is -2.03. The van der Waals surface area contributed by atoms with Crippen LogP contribution in [0.5, 0.6) is 5.75 Å². The third kappa shape index (κ3) is 3.31. The molecule has 0 fully saturated rings. The summed E-state index contributed by atoms with van der Waals surface area (Å²) in [5, 5.41) is 9.01. The van der Waals surface area contributed by atoms with Crippen LogP contribution in [-0.2, 0) is 16.1 Å². The fourth-order valence-electron chi connectivity index (χ4n) is 0.920. The van der Waals surface area contributed by atoms with Crippen molar-refractivity contribution in [2.75, 3.05) is 0 Å². The van der Waals surface area contributed by atoms with Gasteiger partial charge in [0.1, 0.15) is 12.4 Å². The van der Waals surface area contributed by atoms with Crippen molar-refractivity contribution in [3.8, 4) is 5.75 Å². The lowest BCUT2D eigenvalue weighted by Crippen LogP contribution is -2.16. The molecule has 78 valence electrons. The van der Waals surface area contributed by atoms with Gasteiger partial charge in [0.2, 0.25) is 0 Å². The summed E-state index contributed by atoms with van der Waals surface area (Å²) in [6, 6.07) is 5.58. The molecular weight excluding hydrogens is 194 g/mol. The Hall–Kier alpha value is -2.02. The van der Waals surface area contributed by atoms with Crippen LogP contribution >= 0.6 is 0 Å². The highest BCUT2D eigenvalue weighted by molar-refractivity contribution is 5.77. The second-order valence-corrected chi connectivity index (χ2v) is 3.08. The lowest BCUT2D eigenvalue weighted by atomic mass is 10.2. The first-order chi connectivity index (χ1) is 7.13. The first kappa shape index (κ1) is 11.1. The van der Waals surface area contributed by atoms with Crippen molar-refractivity contribution >= 4 is 5.97 Å². The van der Waals surface area contributed by atoms with Gasteiger partial charge in [-0.1, -0.05) is 12.1 Å². The van der Waals surface area contributed by atoms with Crippen LogP contribution in [0.2, 0.25) is 0 Å². The molecule has 0 bridgehead atoms. The number of hydrogen-bond donors (Lipinski definition) is 1. The van der Waals surface area contributed by atoms with Crippen LogP contribution in [0, 0.1) is 6.57 Å². The summed E-state index contributed by atoms with van der Waals surface area (Å²) in [5.41, 5.74) is 0.776. The van der Waals surface area contributed by atoms with E-state index in [1.54, 1.807) is 12.1 Å². The van der Waals surface area contributed by atoms with Crippen molar-refractivity contribution in [2.45, 2.75) is 19.6 Å². The number of esters is 1. The maximum absolute atomic E-state index is 11.1. The molecule has 1 aromatic carbocycles. The molecule has 1 N–H and O–H groups in total. The molecule has 1 atom stereocenters. The number of hydrogen-bond acceptors (Lipinski definition) is 3. The number of carbonyl (C=O) groups is 1. The molecule has 15 heavy (non-hydrogen) atoms. The third-order valence-corrected chi connectivity index (χ3v) is 1.85. The van der Waals surface area contributed by atoms with Gasteiger partial charge in [0.05, 0.1) is 0 Å². The SMILES string of the molecule is [C-]#[N+]C(C)C(=O)OCc1ccc(O)cc1. The van der Waals surface area contributed by atoms with Crippen LogP contribution in [-0.4, -0.2) is 17.1 Å². The fourth-order valence-corrected chi connectivity index (χ4v) is 0.920. The smallest absolute Gasteiger partial charge is 0.390 e. The van der Waals surface area contributed by atoms with Crippen molar-refractivity contribution in [2.24, 2.45) is 0 Å². The van der Waals surface area contributed by atoms with Crippen molar-refractivity contribution in [1.29, 1.82) is 0 Å². The summed E-state index contributed by atoms with van der Waals surface area (Å²) < 4.78 is 4.89. The average molecular weight is 205 g/mol. The maximum atomic E-state index is 11.1. The minimum atomic E-state index is -0.762.